The Hall–Kier alpha value is -2.37. The van der Waals surface area contributed by atoms with Crippen LogP contribution in [0.3, 0.4) is 0 Å². The van der Waals surface area contributed by atoms with Gasteiger partial charge in [-0.1, -0.05) is 19.8 Å². The molecule has 136 valence electrons. The Morgan fingerprint density at radius 1 is 1.16 bits per heavy atom. The Kier molecular flexibility index (Phi) is 6.56. The van der Waals surface area contributed by atoms with Crippen LogP contribution in [-0.4, -0.2) is 29.9 Å². The second kappa shape index (κ2) is 8.65. The van der Waals surface area contributed by atoms with Crippen molar-refractivity contribution in [3.63, 3.8) is 0 Å². The summed E-state index contributed by atoms with van der Waals surface area (Å²) in [6.07, 6.45) is 4.36. The summed E-state index contributed by atoms with van der Waals surface area (Å²) in [7, 11) is 1.41. The first-order chi connectivity index (χ1) is 11.9. The van der Waals surface area contributed by atoms with Crippen molar-refractivity contribution in [1.82, 2.24) is 0 Å². The minimum absolute atomic E-state index is 0.0801. The fourth-order valence-electron chi connectivity index (χ4n) is 3.16. The van der Waals surface area contributed by atoms with Crippen LogP contribution in [0.5, 0.6) is 5.75 Å². The van der Waals surface area contributed by atoms with Gasteiger partial charge in [-0.2, -0.15) is 0 Å². The monoisotopic (exact) mass is 347 g/mol. The van der Waals surface area contributed by atoms with Crippen molar-refractivity contribution in [1.29, 1.82) is 0 Å². The first kappa shape index (κ1) is 19.0. The molecule has 0 saturated heterocycles. The van der Waals surface area contributed by atoms with Crippen LogP contribution >= 0.6 is 0 Å². The maximum absolute atomic E-state index is 12.2. The highest BCUT2D eigenvalue weighted by Gasteiger charge is 2.24. The standard InChI is InChI=1S/C19H25NO5/c1-12-3-5-13(6-4-12)16(21)9-10-18(22)20-15-8-7-14(19(23)24)11-17(15)25-2/h7-8,11-13H,3-6,9-10H2,1-2H3,(H,20,22)(H,23,24). The van der Waals surface area contributed by atoms with Crippen molar-refractivity contribution >= 4 is 23.3 Å². The number of methoxy groups -OCH3 is 1. The molecule has 1 aromatic carbocycles. The van der Waals surface area contributed by atoms with Crippen molar-refractivity contribution in [2.24, 2.45) is 11.8 Å². The van der Waals surface area contributed by atoms with Crippen LogP contribution in [0.1, 0.15) is 55.8 Å². The zero-order chi connectivity index (χ0) is 18.4. The van der Waals surface area contributed by atoms with Crippen molar-refractivity contribution in [2.75, 3.05) is 12.4 Å². The fraction of sp³-hybridized carbons (Fsp3) is 0.526. The number of benzene rings is 1. The lowest BCUT2D eigenvalue weighted by atomic mass is 9.80. The minimum atomic E-state index is -1.07. The number of aromatic carboxylic acids is 1. The van der Waals surface area contributed by atoms with Gasteiger partial charge in [0.15, 0.2) is 0 Å². The van der Waals surface area contributed by atoms with E-state index in [4.69, 9.17) is 9.84 Å². The molecule has 1 aliphatic rings. The van der Waals surface area contributed by atoms with Crippen LogP contribution in [0, 0.1) is 11.8 Å². The van der Waals surface area contributed by atoms with Gasteiger partial charge in [-0.05, 0) is 37.0 Å². The molecule has 1 saturated carbocycles. The number of hydrogen-bond acceptors (Lipinski definition) is 4. The van der Waals surface area contributed by atoms with Gasteiger partial charge in [-0.15, -0.1) is 0 Å². The molecule has 0 bridgehead atoms. The number of carbonyl (C=O) groups excluding carboxylic acids is 2. The van der Waals surface area contributed by atoms with E-state index in [0.29, 0.717) is 11.6 Å². The molecule has 1 fully saturated rings. The SMILES string of the molecule is COc1cc(C(=O)O)ccc1NC(=O)CCC(=O)C1CCC(C)CC1. The average molecular weight is 347 g/mol. The van der Waals surface area contributed by atoms with Crippen LogP contribution in [0.25, 0.3) is 0 Å². The van der Waals surface area contributed by atoms with Gasteiger partial charge in [0.25, 0.3) is 0 Å². The average Bonchev–Trinajstić information content (AvgIpc) is 2.60. The Morgan fingerprint density at radius 3 is 2.44 bits per heavy atom. The largest absolute Gasteiger partial charge is 0.495 e. The van der Waals surface area contributed by atoms with Gasteiger partial charge in [0.2, 0.25) is 5.91 Å². The molecule has 1 amide bonds. The molecule has 6 heteroatoms. The molecule has 2 N–H and O–H groups in total. The number of amides is 1. The smallest absolute Gasteiger partial charge is 0.335 e. The number of ether oxygens (including phenoxy) is 1. The number of carboxylic acids is 1. The number of anilines is 1. The summed E-state index contributed by atoms with van der Waals surface area (Å²) >= 11 is 0. The molecule has 0 atom stereocenters. The third-order valence-corrected chi connectivity index (χ3v) is 4.79. The number of ketones is 1. The van der Waals surface area contributed by atoms with Crippen LogP contribution < -0.4 is 10.1 Å². The molecule has 0 aliphatic heterocycles. The number of rotatable bonds is 7. The molecule has 6 nitrogen and oxygen atoms in total. The maximum atomic E-state index is 12.2. The highest BCUT2D eigenvalue weighted by atomic mass is 16.5. The molecule has 0 spiro atoms. The van der Waals surface area contributed by atoms with E-state index in [1.807, 2.05) is 0 Å². The second-order valence-electron chi connectivity index (χ2n) is 6.69. The number of Topliss-reactive ketones (excluding diaryl/α,β-unsaturated/α-hetero) is 1. The summed E-state index contributed by atoms with van der Waals surface area (Å²) in [4.78, 5) is 35.3. The highest BCUT2D eigenvalue weighted by Crippen LogP contribution is 2.30. The molecule has 2 rings (SSSR count). The predicted molar refractivity (Wildman–Crippen MR) is 93.9 cm³/mol. The van der Waals surface area contributed by atoms with E-state index in [9.17, 15) is 14.4 Å². The Labute approximate surface area is 147 Å². The normalized spacial score (nSPS) is 19.9. The van der Waals surface area contributed by atoms with Crippen LogP contribution in [0.2, 0.25) is 0 Å². The summed E-state index contributed by atoms with van der Waals surface area (Å²) < 4.78 is 5.12. The number of carbonyl (C=O) groups is 3. The zero-order valence-electron chi connectivity index (χ0n) is 14.7. The van der Waals surface area contributed by atoms with E-state index in [0.717, 1.165) is 25.7 Å². The van der Waals surface area contributed by atoms with Gasteiger partial charge in [-0.3, -0.25) is 9.59 Å². The van der Waals surface area contributed by atoms with Crippen LogP contribution in [-0.2, 0) is 9.59 Å². The quantitative estimate of drug-likeness (QED) is 0.787. The third kappa shape index (κ3) is 5.31. The van der Waals surface area contributed by atoms with E-state index in [1.165, 1.54) is 25.3 Å². The van der Waals surface area contributed by atoms with E-state index in [1.54, 1.807) is 0 Å². The zero-order valence-corrected chi connectivity index (χ0v) is 14.7. The topological polar surface area (TPSA) is 92.7 Å². The first-order valence-corrected chi connectivity index (χ1v) is 8.64. The predicted octanol–water partition coefficient (Wildman–Crippen LogP) is 3.51. The Balaban J connectivity index is 1.87. The van der Waals surface area contributed by atoms with Gasteiger partial charge in [-0.25, -0.2) is 4.79 Å². The van der Waals surface area contributed by atoms with Crippen molar-refractivity contribution in [3.05, 3.63) is 23.8 Å². The van der Waals surface area contributed by atoms with Crippen molar-refractivity contribution in [2.45, 2.75) is 45.4 Å². The second-order valence-corrected chi connectivity index (χ2v) is 6.69. The molecule has 25 heavy (non-hydrogen) atoms. The van der Waals surface area contributed by atoms with Crippen LogP contribution in [0.15, 0.2) is 18.2 Å². The summed E-state index contributed by atoms with van der Waals surface area (Å²) in [6, 6.07) is 4.24. The summed E-state index contributed by atoms with van der Waals surface area (Å²) in [5, 5.41) is 11.7. The molecule has 0 radical (unpaired) electrons. The lowest BCUT2D eigenvalue weighted by Crippen LogP contribution is -2.22. The lowest BCUT2D eigenvalue weighted by Gasteiger charge is -2.24. The van der Waals surface area contributed by atoms with E-state index < -0.39 is 5.97 Å². The molecule has 1 aliphatic carbocycles. The van der Waals surface area contributed by atoms with Gasteiger partial charge in [0.05, 0.1) is 18.4 Å². The summed E-state index contributed by atoms with van der Waals surface area (Å²) in [5.74, 6) is -0.125. The molecule has 0 unspecified atom stereocenters. The van der Waals surface area contributed by atoms with Gasteiger partial charge >= 0.3 is 5.97 Å². The van der Waals surface area contributed by atoms with Crippen molar-refractivity contribution < 1.29 is 24.2 Å². The first-order valence-electron chi connectivity index (χ1n) is 8.64. The van der Waals surface area contributed by atoms with E-state index in [-0.39, 0.29) is 41.8 Å². The Morgan fingerprint density at radius 2 is 1.84 bits per heavy atom. The summed E-state index contributed by atoms with van der Waals surface area (Å²) in [5.41, 5.74) is 0.480. The third-order valence-electron chi connectivity index (χ3n) is 4.79. The number of hydrogen-bond donors (Lipinski definition) is 2. The molecular weight excluding hydrogens is 322 g/mol. The van der Waals surface area contributed by atoms with E-state index in [2.05, 4.69) is 12.2 Å². The molecule has 0 aromatic heterocycles. The van der Waals surface area contributed by atoms with E-state index >= 15 is 0 Å². The number of carboxylic acid groups (broad SMARTS) is 1. The molecule has 0 heterocycles. The number of nitrogens with one attached hydrogen (secondary N) is 1. The molecular formula is C19H25NO5. The summed E-state index contributed by atoms with van der Waals surface area (Å²) in [6.45, 7) is 2.21. The van der Waals surface area contributed by atoms with Gasteiger partial charge < -0.3 is 15.2 Å². The van der Waals surface area contributed by atoms with Crippen molar-refractivity contribution in [3.8, 4) is 5.75 Å². The van der Waals surface area contributed by atoms with Gasteiger partial charge in [0, 0.05) is 18.8 Å². The fourth-order valence-corrected chi connectivity index (χ4v) is 3.16. The molecule has 1 aromatic rings. The maximum Gasteiger partial charge on any atom is 0.335 e. The van der Waals surface area contributed by atoms with Crippen LogP contribution in [0.4, 0.5) is 5.69 Å². The highest BCUT2D eigenvalue weighted by molar-refractivity contribution is 5.96. The van der Waals surface area contributed by atoms with Gasteiger partial charge in [0.1, 0.15) is 11.5 Å². The Bertz CT molecular complexity index is 647. The minimum Gasteiger partial charge on any atom is -0.495 e. The lowest BCUT2D eigenvalue weighted by molar-refractivity contribution is -0.126.